The summed E-state index contributed by atoms with van der Waals surface area (Å²) >= 11 is 2.63. The molecule has 0 bridgehead atoms. The van der Waals surface area contributed by atoms with E-state index in [1.165, 1.54) is 23.5 Å². The molecule has 2 aromatic heterocycles. The van der Waals surface area contributed by atoms with Gasteiger partial charge in [0.25, 0.3) is 0 Å². The average Bonchev–Trinajstić information content (AvgIpc) is 3.79. The lowest BCUT2D eigenvalue weighted by Gasteiger charge is -2.23. The first kappa shape index (κ1) is 45.1. The molecule has 0 spiro atoms. The number of H-pyrrole nitrogens is 2. The monoisotopic (exact) mass is 828 g/mol. The van der Waals surface area contributed by atoms with E-state index in [4.69, 9.17) is 11.5 Å². The predicted octanol–water partition coefficient (Wildman–Crippen LogP) is 1.26. The lowest BCUT2D eigenvalue weighted by Crippen LogP contribution is -2.35. The van der Waals surface area contributed by atoms with Crippen LogP contribution in [0.4, 0.5) is 0 Å². The molecule has 18 heteroatoms. The SMILES string of the molecule is CC1=C([C@H](C)SC[C@@H](N)C(=O)O)C(=O)N[C@@H]1Cc1[nH]c(/C=c2\[nH]/c(=C/C3=NC(=O)[C@@H](C)[C@H]3[C@H](C)SC[C@@H](N)C(=O)O)c(C)c2CCC(=O)O)c(CCC(=O)O)c1C. The van der Waals surface area contributed by atoms with Gasteiger partial charge in [-0.15, -0.1) is 0 Å². The van der Waals surface area contributed by atoms with E-state index in [1.54, 1.807) is 13.0 Å². The number of nitrogens with two attached hydrogens (primary N) is 2. The molecule has 0 saturated heterocycles. The fourth-order valence-electron chi connectivity index (χ4n) is 7.34. The second-order valence-electron chi connectivity index (χ2n) is 14.7. The van der Waals surface area contributed by atoms with Gasteiger partial charge in [0.05, 0.1) is 11.8 Å². The molecule has 2 aliphatic heterocycles. The Labute approximate surface area is 338 Å². The van der Waals surface area contributed by atoms with Crippen molar-refractivity contribution in [1.29, 1.82) is 0 Å². The third-order valence-corrected chi connectivity index (χ3v) is 13.4. The number of nitrogens with one attached hydrogen (secondary N) is 3. The first-order valence-electron chi connectivity index (χ1n) is 18.6. The number of carbonyl (C=O) groups is 6. The molecule has 0 radical (unpaired) electrons. The molecule has 2 aromatic rings. The Bertz CT molecular complexity index is 2120. The van der Waals surface area contributed by atoms with Crippen LogP contribution in [-0.4, -0.2) is 112 Å². The van der Waals surface area contributed by atoms with E-state index >= 15 is 0 Å². The Morgan fingerprint density at radius 2 is 1.40 bits per heavy atom. The zero-order valence-corrected chi connectivity index (χ0v) is 34.4. The number of aliphatic imine (C=N–C) groups is 1. The second-order valence-corrected chi connectivity index (χ2v) is 17.5. The van der Waals surface area contributed by atoms with Gasteiger partial charge in [0.2, 0.25) is 11.8 Å². The molecule has 0 unspecified atom stereocenters. The topological polar surface area (TPSA) is 291 Å². The van der Waals surface area contributed by atoms with Crippen molar-refractivity contribution in [3.05, 3.63) is 55.5 Å². The summed E-state index contributed by atoms with van der Waals surface area (Å²) in [6.45, 7) is 11.1. The van der Waals surface area contributed by atoms with Gasteiger partial charge in [-0.25, -0.2) is 4.99 Å². The van der Waals surface area contributed by atoms with Crippen molar-refractivity contribution in [3.8, 4) is 0 Å². The lowest BCUT2D eigenvalue weighted by molar-refractivity contribution is -0.138. The van der Waals surface area contributed by atoms with E-state index < -0.39 is 41.9 Å². The number of aliphatic carboxylic acids is 4. The number of hydrogen-bond donors (Lipinski definition) is 9. The van der Waals surface area contributed by atoms with Crippen molar-refractivity contribution < 1.29 is 49.2 Å². The maximum Gasteiger partial charge on any atom is 0.321 e. The number of thioether (sulfide) groups is 2. The van der Waals surface area contributed by atoms with E-state index in [0.29, 0.717) is 39.7 Å². The van der Waals surface area contributed by atoms with Crippen LogP contribution in [0.15, 0.2) is 16.1 Å². The smallest absolute Gasteiger partial charge is 0.321 e. The van der Waals surface area contributed by atoms with Gasteiger partial charge >= 0.3 is 23.9 Å². The molecule has 16 nitrogen and oxygen atoms in total. The van der Waals surface area contributed by atoms with Gasteiger partial charge in [-0.1, -0.05) is 13.8 Å². The summed E-state index contributed by atoms with van der Waals surface area (Å²) in [4.78, 5) is 83.3. The van der Waals surface area contributed by atoms with E-state index in [9.17, 15) is 49.2 Å². The van der Waals surface area contributed by atoms with Crippen LogP contribution >= 0.6 is 23.5 Å². The van der Waals surface area contributed by atoms with Crippen molar-refractivity contribution in [1.82, 2.24) is 15.3 Å². The third-order valence-electron chi connectivity index (χ3n) is 10.8. The number of aromatic nitrogens is 2. The van der Waals surface area contributed by atoms with Crippen LogP contribution in [0.25, 0.3) is 12.2 Å². The summed E-state index contributed by atoms with van der Waals surface area (Å²) < 4.78 is 0. The molecule has 4 heterocycles. The number of hydrogen-bond acceptors (Lipinski definition) is 10. The first-order chi connectivity index (χ1) is 26.7. The molecule has 0 fully saturated rings. The summed E-state index contributed by atoms with van der Waals surface area (Å²) in [5.41, 5.74) is 17.7. The maximum atomic E-state index is 13.1. The maximum absolute atomic E-state index is 13.1. The van der Waals surface area contributed by atoms with Gasteiger partial charge in [-0.05, 0) is 80.5 Å². The Hall–Kier alpha value is -4.65. The number of amides is 2. The molecular weight excluding hydrogens is 777 g/mol. The highest BCUT2D eigenvalue weighted by atomic mass is 32.2. The largest absolute Gasteiger partial charge is 0.481 e. The molecule has 7 atom stereocenters. The van der Waals surface area contributed by atoms with Crippen LogP contribution in [0.5, 0.6) is 0 Å². The van der Waals surface area contributed by atoms with Crippen molar-refractivity contribution in [2.75, 3.05) is 11.5 Å². The molecule has 2 aliphatic rings. The van der Waals surface area contributed by atoms with Crippen LogP contribution < -0.4 is 27.5 Å². The summed E-state index contributed by atoms with van der Waals surface area (Å²) in [6, 6.07) is -2.51. The third kappa shape index (κ3) is 10.9. The summed E-state index contributed by atoms with van der Waals surface area (Å²) in [7, 11) is 0. The minimum Gasteiger partial charge on any atom is -0.481 e. The number of nitrogens with zero attached hydrogens (tertiary/aromatic N) is 1. The van der Waals surface area contributed by atoms with Crippen molar-refractivity contribution in [3.63, 3.8) is 0 Å². The predicted molar refractivity (Wildman–Crippen MR) is 219 cm³/mol. The highest BCUT2D eigenvalue weighted by Crippen LogP contribution is 2.34. The summed E-state index contributed by atoms with van der Waals surface area (Å²) in [5.74, 6) is -5.27. The van der Waals surface area contributed by atoms with Gasteiger partial charge < -0.3 is 47.2 Å². The second kappa shape index (κ2) is 19.2. The lowest BCUT2D eigenvalue weighted by atomic mass is 9.89. The van der Waals surface area contributed by atoms with Gasteiger partial charge in [-0.3, -0.25) is 28.8 Å². The molecule has 2 amide bonds. The average molecular weight is 829 g/mol. The molecule has 11 N–H and O–H groups in total. The Kier molecular flexibility index (Phi) is 15.2. The molecule has 0 aliphatic carbocycles. The van der Waals surface area contributed by atoms with Crippen molar-refractivity contribution in [2.45, 2.75) is 102 Å². The highest BCUT2D eigenvalue weighted by Gasteiger charge is 2.38. The standard InChI is InChI=1S/C39H52N6O10S2/c1-16-22(7-9-32(46)47)29(42-26(16)11-28-18(3)35(37(51)44-28)21(6)57-15-25(41)39(54)55)13-30-23(8-10-33(48)49)17(2)27(43-30)12-31-34(19(4)36(50)45-31)20(5)56-14-24(40)38(52)53/h12-13,19-21,24-25,28,34,42-43H,7-11,14-15,40-41H2,1-6H3,(H,44,51)(H,46,47)(H,48,49)(H,52,53)(H,54,55)/b27-12+,30-13-/t19-,20-,21-,24+,25+,28+,34-/m0/s1. The Balaban J connectivity index is 1.77. The van der Waals surface area contributed by atoms with E-state index in [0.717, 1.165) is 28.0 Å². The van der Waals surface area contributed by atoms with E-state index in [1.807, 2.05) is 40.7 Å². The Morgan fingerprint density at radius 3 is 1.98 bits per heavy atom. The molecule has 310 valence electrons. The molecule has 57 heavy (non-hydrogen) atoms. The minimum atomic E-state index is -1.12. The number of carboxylic acids is 4. The Morgan fingerprint density at radius 1 is 0.825 bits per heavy atom. The molecule has 4 rings (SSSR count). The number of carboxylic acid groups (broad SMARTS) is 4. The molecule has 0 saturated carbocycles. The molecular formula is C39H52N6O10S2. The summed E-state index contributed by atoms with van der Waals surface area (Å²) in [5, 5.41) is 41.4. The minimum absolute atomic E-state index is 0.132. The van der Waals surface area contributed by atoms with Gasteiger partial charge in [0.1, 0.15) is 12.1 Å². The zero-order valence-electron chi connectivity index (χ0n) is 32.8. The van der Waals surface area contributed by atoms with Crippen LogP contribution in [0.3, 0.4) is 0 Å². The molecule has 0 aromatic carbocycles. The highest BCUT2D eigenvalue weighted by molar-refractivity contribution is 8.00. The van der Waals surface area contributed by atoms with Gasteiger partial charge in [-0.2, -0.15) is 23.5 Å². The van der Waals surface area contributed by atoms with Crippen LogP contribution in [0, 0.1) is 25.7 Å². The zero-order chi connectivity index (χ0) is 42.5. The van der Waals surface area contributed by atoms with Gasteiger partial charge in [0.15, 0.2) is 0 Å². The van der Waals surface area contributed by atoms with E-state index in [-0.39, 0.29) is 71.5 Å². The van der Waals surface area contributed by atoms with Gasteiger partial charge in [0, 0.05) is 80.8 Å². The van der Waals surface area contributed by atoms with Crippen LogP contribution in [-0.2, 0) is 48.0 Å². The number of carbonyl (C=O) groups excluding carboxylic acids is 2. The summed E-state index contributed by atoms with van der Waals surface area (Å²) in [6.07, 6.45) is 4.03. The first-order valence-corrected chi connectivity index (χ1v) is 20.7. The quantitative estimate of drug-likeness (QED) is 0.0909. The van der Waals surface area contributed by atoms with Crippen molar-refractivity contribution in [2.24, 2.45) is 28.3 Å². The normalized spacial score (nSPS) is 21.1. The number of rotatable bonds is 20. The van der Waals surface area contributed by atoms with E-state index in [2.05, 4.69) is 20.3 Å². The van der Waals surface area contributed by atoms with Crippen molar-refractivity contribution >= 4 is 77.1 Å². The van der Waals surface area contributed by atoms with Crippen LogP contribution in [0.2, 0.25) is 0 Å². The van der Waals surface area contributed by atoms with Crippen LogP contribution in [0.1, 0.15) is 74.2 Å². The fourth-order valence-corrected chi connectivity index (χ4v) is 9.67. The fraction of sp³-hybridized carbons (Fsp3) is 0.513. The number of aromatic amines is 2.